The van der Waals surface area contributed by atoms with Crippen LogP contribution >= 0.6 is 0 Å². The highest BCUT2D eigenvalue weighted by Crippen LogP contribution is 2.09. The van der Waals surface area contributed by atoms with Crippen molar-refractivity contribution in [2.75, 3.05) is 6.61 Å². The van der Waals surface area contributed by atoms with Crippen LogP contribution in [0, 0.1) is 0 Å². The molecule has 1 atom stereocenters. The zero-order chi connectivity index (χ0) is 9.19. The number of aldehydes is 1. The van der Waals surface area contributed by atoms with Gasteiger partial charge in [-0.2, -0.15) is 0 Å². The number of hydrogen-bond donors (Lipinski definition) is 1. The first-order valence-corrected chi connectivity index (χ1v) is 3.96. The number of nitrogens with one attached hydrogen (secondary N) is 1. The van der Waals surface area contributed by atoms with Gasteiger partial charge < -0.3 is 9.53 Å². The van der Waals surface area contributed by atoms with Crippen molar-refractivity contribution in [3.05, 3.63) is 0 Å². The van der Waals surface area contributed by atoms with Gasteiger partial charge in [-0.1, -0.05) is 0 Å². The first-order chi connectivity index (χ1) is 5.55. The lowest BCUT2D eigenvalue weighted by Gasteiger charge is -2.21. The van der Waals surface area contributed by atoms with Crippen LogP contribution in [-0.2, 0) is 14.3 Å². The zero-order valence-corrected chi connectivity index (χ0v) is 7.29. The van der Waals surface area contributed by atoms with E-state index in [4.69, 9.17) is 4.74 Å². The van der Waals surface area contributed by atoms with Crippen molar-refractivity contribution >= 4 is 12.3 Å². The fourth-order valence-electron chi connectivity index (χ4n) is 1.11. The normalized spacial score (nSPS) is 23.8. The van der Waals surface area contributed by atoms with Crippen LogP contribution in [-0.4, -0.2) is 30.4 Å². The number of rotatable bonds is 3. The van der Waals surface area contributed by atoms with Crippen LogP contribution in [0.3, 0.4) is 0 Å². The fraction of sp³-hybridized carbons (Fsp3) is 0.750. The number of hydrogen-bond acceptors (Lipinski definition) is 4. The Hall–Kier alpha value is -0.900. The van der Waals surface area contributed by atoms with E-state index in [1.807, 2.05) is 0 Å². The second kappa shape index (κ2) is 3.23. The highest BCUT2D eigenvalue weighted by molar-refractivity contribution is 5.78. The molecule has 0 aromatic carbocycles. The third-order valence-electron chi connectivity index (χ3n) is 1.78. The maximum Gasteiger partial charge on any atom is 0.323 e. The van der Waals surface area contributed by atoms with Gasteiger partial charge in [-0.05, 0) is 13.8 Å². The molecule has 4 heteroatoms. The van der Waals surface area contributed by atoms with Crippen molar-refractivity contribution in [2.45, 2.75) is 31.8 Å². The summed E-state index contributed by atoms with van der Waals surface area (Å²) in [7, 11) is 0. The molecule has 1 N–H and O–H groups in total. The largest absolute Gasteiger partial charge is 0.464 e. The standard InChI is InChI=1S/C8H13NO3/c1-8(2,5-10)9-6-3-4-12-7(6)11/h5-6,9H,3-4H2,1-2H3. The highest BCUT2D eigenvalue weighted by atomic mass is 16.5. The van der Waals surface area contributed by atoms with Crippen LogP contribution in [0.25, 0.3) is 0 Å². The van der Waals surface area contributed by atoms with Gasteiger partial charge in [0.2, 0.25) is 0 Å². The lowest BCUT2D eigenvalue weighted by Crippen LogP contribution is -2.48. The predicted molar refractivity (Wildman–Crippen MR) is 42.6 cm³/mol. The maximum atomic E-state index is 11.0. The zero-order valence-electron chi connectivity index (χ0n) is 7.29. The summed E-state index contributed by atoms with van der Waals surface area (Å²) < 4.78 is 4.74. The van der Waals surface area contributed by atoms with E-state index in [1.54, 1.807) is 13.8 Å². The Morgan fingerprint density at radius 2 is 2.33 bits per heavy atom. The molecule has 0 aliphatic carbocycles. The molecule has 0 amide bonds. The van der Waals surface area contributed by atoms with E-state index in [2.05, 4.69) is 5.32 Å². The molecule has 1 saturated heterocycles. The van der Waals surface area contributed by atoms with Crippen molar-refractivity contribution in [2.24, 2.45) is 0 Å². The van der Waals surface area contributed by atoms with Gasteiger partial charge in [-0.25, -0.2) is 0 Å². The lowest BCUT2D eigenvalue weighted by molar-refractivity contribution is -0.140. The van der Waals surface area contributed by atoms with Crippen molar-refractivity contribution < 1.29 is 14.3 Å². The molecule has 1 unspecified atom stereocenters. The topological polar surface area (TPSA) is 55.4 Å². The summed E-state index contributed by atoms with van der Waals surface area (Å²) in [5.74, 6) is -0.259. The Labute approximate surface area is 71.3 Å². The van der Waals surface area contributed by atoms with Crippen LogP contribution in [0.15, 0.2) is 0 Å². The summed E-state index contributed by atoms with van der Waals surface area (Å²) in [6.07, 6.45) is 1.44. The number of esters is 1. The summed E-state index contributed by atoms with van der Waals surface area (Å²) in [6.45, 7) is 3.91. The van der Waals surface area contributed by atoms with Gasteiger partial charge in [-0.15, -0.1) is 0 Å². The summed E-state index contributed by atoms with van der Waals surface area (Å²) in [4.78, 5) is 21.5. The Morgan fingerprint density at radius 1 is 1.67 bits per heavy atom. The highest BCUT2D eigenvalue weighted by Gasteiger charge is 2.31. The minimum atomic E-state index is -0.645. The van der Waals surface area contributed by atoms with Gasteiger partial charge in [0.15, 0.2) is 0 Å². The first kappa shape index (κ1) is 9.19. The number of cyclic esters (lactones) is 1. The smallest absolute Gasteiger partial charge is 0.323 e. The molecule has 0 radical (unpaired) electrons. The van der Waals surface area contributed by atoms with E-state index in [9.17, 15) is 9.59 Å². The average Bonchev–Trinajstić information content (AvgIpc) is 2.36. The van der Waals surface area contributed by atoms with Crippen molar-refractivity contribution in [1.29, 1.82) is 0 Å². The van der Waals surface area contributed by atoms with Crippen molar-refractivity contribution in [1.82, 2.24) is 5.32 Å². The Bertz CT molecular complexity index is 200. The minimum absolute atomic E-state index is 0.259. The Balaban J connectivity index is 2.50. The molecule has 1 aliphatic heterocycles. The molecule has 12 heavy (non-hydrogen) atoms. The summed E-state index contributed by atoms with van der Waals surface area (Å²) in [5, 5.41) is 2.91. The molecule has 68 valence electrons. The monoisotopic (exact) mass is 171 g/mol. The molecule has 0 saturated carbocycles. The van der Waals surface area contributed by atoms with Crippen LogP contribution < -0.4 is 5.32 Å². The molecule has 0 spiro atoms. The predicted octanol–water partition coefficient (Wildman–Crippen LogP) is -0.131. The van der Waals surface area contributed by atoms with Gasteiger partial charge in [-0.3, -0.25) is 10.1 Å². The van der Waals surface area contributed by atoms with Gasteiger partial charge in [0, 0.05) is 6.42 Å². The van der Waals surface area contributed by atoms with E-state index in [-0.39, 0.29) is 12.0 Å². The molecular weight excluding hydrogens is 158 g/mol. The van der Waals surface area contributed by atoms with E-state index in [1.165, 1.54) is 0 Å². The van der Waals surface area contributed by atoms with Crippen molar-refractivity contribution in [3.63, 3.8) is 0 Å². The van der Waals surface area contributed by atoms with E-state index < -0.39 is 5.54 Å². The van der Waals surface area contributed by atoms with Gasteiger partial charge >= 0.3 is 5.97 Å². The molecule has 1 rings (SSSR count). The van der Waals surface area contributed by atoms with Crippen molar-refractivity contribution in [3.8, 4) is 0 Å². The molecule has 4 nitrogen and oxygen atoms in total. The second-order valence-electron chi connectivity index (χ2n) is 3.49. The SMILES string of the molecule is CC(C)(C=O)NC1CCOC1=O. The molecule has 1 heterocycles. The lowest BCUT2D eigenvalue weighted by atomic mass is 10.1. The first-order valence-electron chi connectivity index (χ1n) is 3.96. The summed E-state index contributed by atoms with van der Waals surface area (Å²) in [6, 6.07) is -0.315. The van der Waals surface area contributed by atoms with Gasteiger partial charge in [0.05, 0.1) is 12.1 Å². The summed E-state index contributed by atoms with van der Waals surface area (Å²) >= 11 is 0. The van der Waals surface area contributed by atoms with Crippen LogP contribution in [0.5, 0.6) is 0 Å². The Kier molecular flexibility index (Phi) is 2.47. The molecule has 0 bridgehead atoms. The third kappa shape index (κ3) is 2.04. The number of carbonyl (C=O) groups excluding carboxylic acids is 2. The van der Waals surface area contributed by atoms with Crippen LogP contribution in [0.4, 0.5) is 0 Å². The quantitative estimate of drug-likeness (QED) is 0.474. The molecule has 0 aromatic heterocycles. The summed E-state index contributed by atoms with van der Waals surface area (Å²) in [5.41, 5.74) is -0.645. The van der Waals surface area contributed by atoms with E-state index >= 15 is 0 Å². The molecular formula is C8H13NO3. The fourth-order valence-corrected chi connectivity index (χ4v) is 1.11. The average molecular weight is 171 g/mol. The second-order valence-corrected chi connectivity index (χ2v) is 3.49. The third-order valence-corrected chi connectivity index (χ3v) is 1.78. The Morgan fingerprint density at radius 3 is 2.75 bits per heavy atom. The van der Waals surface area contributed by atoms with Gasteiger partial charge in [0.1, 0.15) is 12.3 Å². The number of ether oxygens (including phenoxy) is 1. The molecule has 1 fully saturated rings. The maximum absolute atomic E-state index is 11.0. The van der Waals surface area contributed by atoms with Crippen LogP contribution in [0.2, 0.25) is 0 Å². The molecule has 1 aliphatic rings. The van der Waals surface area contributed by atoms with Crippen LogP contribution in [0.1, 0.15) is 20.3 Å². The molecule has 0 aromatic rings. The van der Waals surface area contributed by atoms with Gasteiger partial charge in [0.25, 0.3) is 0 Å². The number of carbonyl (C=O) groups is 2. The minimum Gasteiger partial charge on any atom is -0.464 e. The van der Waals surface area contributed by atoms with E-state index in [0.29, 0.717) is 13.0 Å². The van der Waals surface area contributed by atoms with E-state index in [0.717, 1.165) is 6.29 Å².